The fourth-order valence-electron chi connectivity index (χ4n) is 3.38. The topological polar surface area (TPSA) is 15.3 Å². The number of nitrogens with zero attached hydrogens (tertiary/aromatic N) is 1. The SMILES string of the molecule is CNC1CC2CCC(C1)N2Cc1ccc(Br)s1. The summed E-state index contributed by atoms with van der Waals surface area (Å²) < 4.78 is 1.25. The molecule has 2 saturated heterocycles. The molecule has 2 bridgehead atoms. The molecule has 94 valence electrons. The van der Waals surface area contributed by atoms with E-state index in [-0.39, 0.29) is 0 Å². The van der Waals surface area contributed by atoms with E-state index in [0.717, 1.165) is 24.7 Å². The number of nitrogens with one attached hydrogen (secondary N) is 1. The lowest BCUT2D eigenvalue weighted by Crippen LogP contribution is -2.47. The largest absolute Gasteiger partial charge is 0.317 e. The summed E-state index contributed by atoms with van der Waals surface area (Å²) in [6, 6.07) is 6.80. The molecule has 1 aromatic rings. The lowest BCUT2D eigenvalue weighted by Gasteiger charge is -2.38. The predicted molar refractivity (Wildman–Crippen MR) is 76.5 cm³/mol. The van der Waals surface area contributed by atoms with Crippen LogP contribution in [0.4, 0.5) is 0 Å². The molecule has 0 aromatic carbocycles. The molecule has 1 N–H and O–H groups in total. The molecule has 0 saturated carbocycles. The van der Waals surface area contributed by atoms with Gasteiger partial charge in [-0.2, -0.15) is 0 Å². The van der Waals surface area contributed by atoms with Gasteiger partial charge in [0, 0.05) is 29.5 Å². The van der Waals surface area contributed by atoms with E-state index in [1.807, 2.05) is 11.3 Å². The highest BCUT2D eigenvalue weighted by atomic mass is 79.9. The van der Waals surface area contributed by atoms with Gasteiger partial charge in [0.15, 0.2) is 0 Å². The Morgan fingerprint density at radius 2 is 2.06 bits per heavy atom. The second kappa shape index (κ2) is 5.00. The number of rotatable bonds is 3. The van der Waals surface area contributed by atoms with Gasteiger partial charge in [-0.25, -0.2) is 0 Å². The van der Waals surface area contributed by atoms with Gasteiger partial charge in [-0.05, 0) is 60.8 Å². The first-order chi connectivity index (χ1) is 8.26. The van der Waals surface area contributed by atoms with E-state index in [1.165, 1.54) is 34.3 Å². The van der Waals surface area contributed by atoms with Crippen molar-refractivity contribution in [2.75, 3.05) is 7.05 Å². The molecule has 2 aliphatic rings. The first-order valence-corrected chi connectivity index (χ1v) is 8.04. The van der Waals surface area contributed by atoms with E-state index < -0.39 is 0 Å². The minimum atomic E-state index is 0.749. The fraction of sp³-hybridized carbons (Fsp3) is 0.692. The average Bonchev–Trinajstić information content (AvgIpc) is 2.82. The summed E-state index contributed by atoms with van der Waals surface area (Å²) in [7, 11) is 2.11. The van der Waals surface area contributed by atoms with E-state index in [0.29, 0.717) is 0 Å². The highest BCUT2D eigenvalue weighted by molar-refractivity contribution is 9.11. The first kappa shape index (κ1) is 12.2. The van der Waals surface area contributed by atoms with Crippen molar-refractivity contribution in [3.63, 3.8) is 0 Å². The molecule has 2 atom stereocenters. The van der Waals surface area contributed by atoms with E-state index in [2.05, 4.69) is 45.3 Å². The third-order valence-electron chi connectivity index (χ3n) is 4.26. The highest BCUT2D eigenvalue weighted by Gasteiger charge is 2.40. The second-order valence-corrected chi connectivity index (χ2v) is 7.77. The summed E-state index contributed by atoms with van der Waals surface area (Å²) in [5.74, 6) is 0. The van der Waals surface area contributed by atoms with E-state index in [9.17, 15) is 0 Å². The van der Waals surface area contributed by atoms with Gasteiger partial charge >= 0.3 is 0 Å². The third-order valence-corrected chi connectivity index (χ3v) is 5.87. The Balaban J connectivity index is 1.69. The average molecular weight is 315 g/mol. The number of fused-ring (bicyclic) bond motifs is 2. The molecular weight excluding hydrogens is 296 g/mol. The standard InChI is InChI=1S/C13H19BrN2S/c1-15-9-6-10-2-3-11(7-9)16(10)8-12-4-5-13(14)17-12/h4-5,9-11,15H,2-3,6-8H2,1H3. The van der Waals surface area contributed by atoms with Crippen LogP contribution in [0.1, 0.15) is 30.6 Å². The van der Waals surface area contributed by atoms with Crippen molar-refractivity contribution in [2.24, 2.45) is 0 Å². The molecule has 2 unspecified atom stereocenters. The maximum Gasteiger partial charge on any atom is 0.0701 e. The predicted octanol–water partition coefficient (Wildman–Crippen LogP) is 3.23. The number of piperidine rings is 1. The first-order valence-electron chi connectivity index (χ1n) is 6.43. The van der Waals surface area contributed by atoms with Crippen LogP contribution in [0.25, 0.3) is 0 Å². The third kappa shape index (κ3) is 2.46. The van der Waals surface area contributed by atoms with Crippen LogP contribution < -0.4 is 5.32 Å². The number of hydrogen-bond donors (Lipinski definition) is 1. The summed E-state index contributed by atoms with van der Waals surface area (Å²) in [6.07, 6.45) is 5.46. The van der Waals surface area contributed by atoms with E-state index >= 15 is 0 Å². The molecule has 0 radical (unpaired) electrons. The van der Waals surface area contributed by atoms with Crippen molar-refractivity contribution < 1.29 is 0 Å². The van der Waals surface area contributed by atoms with Crippen molar-refractivity contribution in [3.05, 3.63) is 20.8 Å². The van der Waals surface area contributed by atoms with Crippen LogP contribution in [0.2, 0.25) is 0 Å². The monoisotopic (exact) mass is 314 g/mol. The van der Waals surface area contributed by atoms with Crippen molar-refractivity contribution in [1.29, 1.82) is 0 Å². The van der Waals surface area contributed by atoms with Crippen LogP contribution in [-0.4, -0.2) is 30.1 Å². The van der Waals surface area contributed by atoms with Crippen LogP contribution in [-0.2, 0) is 6.54 Å². The number of thiophene rings is 1. The highest BCUT2D eigenvalue weighted by Crippen LogP contribution is 2.37. The Labute approximate surface area is 116 Å². The molecule has 0 spiro atoms. The zero-order valence-electron chi connectivity index (χ0n) is 10.2. The smallest absolute Gasteiger partial charge is 0.0701 e. The van der Waals surface area contributed by atoms with Crippen LogP contribution in [0.3, 0.4) is 0 Å². The van der Waals surface area contributed by atoms with Crippen LogP contribution in [0.15, 0.2) is 15.9 Å². The minimum absolute atomic E-state index is 0.749. The lowest BCUT2D eigenvalue weighted by atomic mass is 9.97. The maximum absolute atomic E-state index is 3.55. The van der Waals surface area contributed by atoms with Crippen LogP contribution in [0.5, 0.6) is 0 Å². The summed E-state index contributed by atoms with van der Waals surface area (Å²) in [6.45, 7) is 1.15. The van der Waals surface area contributed by atoms with Crippen molar-refractivity contribution >= 4 is 27.3 Å². The van der Waals surface area contributed by atoms with Crippen LogP contribution in [0, 0.1) is 0 Å². The number of halogens is 1. The summed E-state index contributed by atoms with van der Waals surface area (Å²) in [5, 5.41) is 3.46. The van der Waals surface area contributed by atoms with Gasteiger partial charge in [0.05, 0.1) is 3.79 Å². The van der Waals surface area contributed by atoms with Crippen molar-refractivity contribution in [3.8, 4) is 0 Å². The molecule has 0 aliphatic carbocycles. The zero-order chi connectivity index (χ0) is 11.8. The Hall–Kier alpha value is 0.1000. The molecule has 2 aliphatic heterocycles. The Bertz CT molecular complexity index is 379. The normalized spacial score (nSPS) is 33.2. The van der Waals surface area contributed by atoms with Crippen molar-refractivity contribution in [1.82, 2.24) is 10.2 Å². The zero-order valence-corrected chi connectivity index (χ0v) is 12.6. The van der Waals surface area contributed by atoms with Gasteiger partial charge in [0.1, 0.15) is 0 Å². The lowest BCUT2D eigenvalue weighted by molar-refractivity contribution is 0.113. The summed E-state index contributed by atoms with van der Waals surface area (Å²) in [5.41, 5.74) is 0. The van der Waals surface area contributed by atoms with Gasteiger partial charge < -0.3 is 5.32 Å². The van der Waals surface area contributed by atoms with E-state index in [1.54, 1.807) is 0 Å². The molecule has 2 nitrogen and oxygen atoms in total. The van der Waals surface area contributed by atoms with Crippen molar-refractivity contribution in [2.45, 2.75) is 50.4 Å². The van der Waals surface area contributed by atoms with Crippen LogP contribution >= 0.6 is 27.3 Å². The molecule has 0 amide bonds. The second-order valence-electron chi connectivity index (χ2n) is 5.22. The Morgan fingerprint density at radius 1 is 1.35 bits per heavy atom. The number of hydrogen-bond acceptors (Lipinski definition) is 3. The molecule has 4 heteroatoms. The molecule has 3 heterocycles. The maximum atomic E-state index is 3.55. The molecule has 2 fully saturated rings. The molecule has 3 rings (SSSR count). The Kier molecular flexibility index (Phi) is 3.57. The van der Waals surface area contributed by atoms with Gasteiger partial charge in [-0.3, -0.25) is 4.90 Å². The van der Waals surface area contributed by atoms with Gasteiger partial charge in [-0.15, -0.1) is 11.3 Å². The molecular formula is C13H19BrN2S. The van der Waals surface area contributed by atoms with Gasteiger partial charge in [0.25, 0.3) is 0 Å². The van der Waals surface area contributed by atoms with Gasteiger partial charge in [-0.1, -0.05) is 0 Å². The quantitative estimate of drug-likeness (QED) is 0.921. The van der Waals surface area contributed by atoms with Gasteiger partial charge in [0.2, 0.25) is 0 Å². The molecule has 1 aromatic heterocycles. The summed E-state index contributed by atoms with van der Waals surface area (Å²) >= 11 is 5.43. The molecule has 17 heavy (non-hydrogen) atoms. The van der Waals surface area contributed by atoms with E-state index in [4.69, 9.17) is 0 Å². The fourth-order valence-corrected chi connectivity index (χ4v) is 4.88. The Morgan fingerprint density at radius 3 is 2.59 bits per heavy atom. The summed E-state index contributed by atoms with van der Waals surface area (Å²) in [4.78, 5) is 4.24. The minimum Gasteiger partial charge on any atom is -0.317 e.